The zero-order valence-electron chi connectivity index (χ0n) is 20.1. The van der Waals surface area contributed by atoms with E-state index in [0.29, 0.717) is 11.7 Å². The summed E-state index contributed by atoms with van der Waals surface area (Å²) in [7, 11) is 1.69. The van der Waals surface area contributed by atoms with Crippen LogP contribution in [0, 0.1) is 5.92 Å². The number of rotatable bonds is 9. The molecule has 5 rings (SSSR count). The molecule has 36 heavy (non-hydrogen) atoms. The third-order valence-electron chi connectivity index (χ3n) is 6.55. The predicted molar refractivity (Wildman–Crippen MR) is 142 cm³/mol. The van der Waals surface area contributed by atoms with Crippen molar-refractivity contribution in [2.75, 3.05) is 25.6 Å². The number of carbonyl (C=O) groups is 1. The Morgan fingerprint density at radius 1 is 1.11 bits per heavy atom. The molecule has 1 saturated carbocycles. The number of aromatic nitrogens is 3. The van der Waals surface area contributed by atoms with Crippen molar-refractivity contribution < 1.29 is 14.3 Å². The summed E-state index contributed by atoms with van der Waals surface area (Å²) in [5.74, 6) is 1.31. The first-order valence-corrected chi connectivity index (χ1v) is 12.9. The number of primary amides is 1. The van der Waals surface area contributed by atoms with Crippen molar-refractivity contribution in [2.45, 2.75) is 31.5 Å². The van der Waals surface area contributed by atoms with Crippen LogP contribution < -0.4 is 11.1 Å². The second kappa shape index (κ2) is 11.1. The van der Waals surface area contributed by atoms with Crippen LogP contribution in [0.3, 0.4) is 0 Å². The Balaban J connectivity index is 1.41. The van der Waals surface area contributed by atoms with E-state index < -0.39 is 5.91 Å². The smallest absolute Gasteiger partial charge is 0.243 e. The number of nitrogens with two attached hydrogens (primary N) is 1. The zero-order valence-corrected chi connectivity index (χ0v) is 20.9. The summed E-state index contributed by atoms with van der Waals surface area (Å²) in [6.45, 7) is 0.656. The number of pyridine rings is 1. The lowest BCUT2D eigenvalue weighted by molar-refractivity contribution is -0.132. The van der Waals surface area contributed by atoms with Crippen LogP contribution in [0.5, 0.6) is 0 Å². The van der Waals surface area contributed by atoms with Crippen LogP contribution in [0.4, 0.5) is 5.82 Å². The summed E-state index contributed by atoms with van der Waals surface area (Å²) in [5, 5.41) is 6.79. The highest BCUT2D eigenvalue weighted by atomic mass is 32.1. The number of methoxy groups -OCH3 is 1. The Hall–Kier alpha value is -3.40. The average molecular weight is 504 g/mol. The molecule has 4 aromatic rings. The van der Waals surface area contributed by atoms with Gasteiger partial charge in [-0.1, -0.05) is 36.4 Å². The van der Waals surface area contributed by atoms with E-state index in [0.717, 1.165) is 58.7 Å². The van der Waals surface area contributed by atoms with E-state index in [2.05, 4.69) is 27.8 Å². The lowest BCUT2D eigenvalue weighted by Gasteiger charge is -2.35. The van der Waals surface area contributed by atoms with Gasteiger partial charge in [0.05, 0.1) is 17.6 Å². The second-order valence-corrected chi connectivity index (χ2v) is 9.81. The van der Waals surface area contributed by atoms with Crippen LogP contribution >= 0.6 is 11.3 Å². The van der Waals surface area contributed by atoms with Crippen LogP contribution in [0.15, 0.2) is 60.1 Å². The molecule has 3 unspecified atom stereocenters. The van der Waals surface area contributed by atoms with Gasteiger partial charge in [-0.15, -0.1) is 11.3 Å². The fourth-order valence-corrected chi connectivity index (χ4v) is 5.69. The van der Waals surface area contributed by atoms with Crippen LogP contribution in [-0.2, 0) is 14.3 Å². The molecule has 3 aromatic heterocycles. The quantitative estimate of drug-likeness (QED) is 0.345. The molecule has 1 aliphatic rings. The summed E-state index contributed by atoms with van der Waals surface area (Å²) in [5.41, 5.74) is 8.24. The monoisotopic (exact) mass is 503 g/mol. The van der Waals surface area contributed by atoms with Crippen molar-refractivity contribution in [2.24, 2.45) is 11.7 Å². The summed E-state index contributed by atoms with van der Waals surface area (Å²) in [6, 6.07) is 16.1. The largest absolute Gasteiger partial charge is 0.379 e. The standard InChI is InChI=1S/C27H29N5O3S/c1-34-22-13-17(10-11-21(22)35-15-23(28)33)14-30-26-24-19(18-7-3-2-4-8-18)16-36-27(24)32-25(31-26)20-9-5-6-12-29-20/h2-9,12,16-17,21-22H,10-11,13-15H2,1H3,(H2,28,33)(H,30,31,32). The predicted octanol–water partition coefficient (Wildman–Crippen LogP) is 4.52. The lowest BCUT2D eigenvalue weighted by Crippen LogP contribution is -2.40. The van der Waals surface area contributed by atoms with Crippen LogP contribution in [0.1, 0.15) is 19.3 Å². The molecule has 3 atom stereocenters. The summed E-state index contributed by atoms with van der Waals surface area (Å²) >= 11 is 1.61. The van der Waals surface area contributed by atoms with E-state index in [1.165, 1.54) is 0 Å². The van der Waals surface area contributed by atoms with Gasteiger partial charge >= 0.3 is 0 Å². The molecule has 1 aromatic carbocycles. The molecule has 0 radical (unpaired) electrons. The number of anilines is 1. The molecule has 0 spiro atoms. The zero-order chi connectivity index (χ0) is 24.9. The Kier molecular flexibility index (Phi) is 7.50. The van der Waals surface area contributed by atoms with Gasteiger partial charge in [0.2, 0.25) is 5.91 Å². The topological polar surface area (TPSA) is 112 Å². The first kappa shape index (κ1) is 24.3. The van der Waals surface area contributed by atoms with E-state index >= 15 is 0 Å². The SMILES string of the molecule is COC1CC(CNc2nc(-c3ccccn3)nc3scc(-c4ccccc4)c23)CCC1OCC(N)=O. The van der Waals surface area contributed by atoms with Crippen molar-refractivity contribution in [1.29, 1.82) is 0 Å². The van der Waals surface area contributed by atoms with E-state index in [1.807, 2.05) is 36.4 Å². The van der Waals surface area contributed by atoms with Gasteiger partial charge in [0.15, 0.2) is 5.82 Å². The maximum absolute atomic E-state index is 11.1. The van der Waals surface area contributed by atoms with Gasteiger partial charge in [0.1, 0.15) is 22.9 Å². The number of carbonyl (C=O) groups excluding carboxylic acids is 1. The van der Waals surface area contributed by atoms with Crippen molar-refractivity contribution >= 4 is 33.3 Å². The molecule has 8 nitrogen and oxygen atoms in total. The van der Waals surface area contributed by atoms with Crippen molar-refractivity contribution in [3.63, 3.8) is 0 Å². The van der Waals surface area contributed by atoms with E-state index in [1.54, 1.807) is 24.6 Å². The Bertz CT molecular complexity index is 1320. The molecule has 0 bridgehead atoms. The molecule has 186 valence electrons. The number of ether oxygens (including phenoxy) is 2. The normalized spacial score (nSPS) is 19.9. The molecular formula is C27H29N5O3S. The summed E-state index contributed by atoms with van der Waals surface area (Å²) in [4.78, 5) is 26.3. The third kappa shape index (κ3) is 5.38. The Morgan fingerprint density at radius 2 is 1.94 bits per heavy atom. The number of benzene rings is 1. The molecule has 9 heteroatoms. The Morgan fingerprint density at radius 3 is 2.69 bits per heavy atom. The lowest BCUT2D eigenvalue weighted by atomic mass is 9.85. The number of nitrogens with one attached hydrogen (secondary N) is 1. The number of amides is 1. The van der Waals surface area contributed by atoms with Gasteiger partial charge in [0.25, 0.3) is 0 Å². The minimum absolute atomic E-state index is 0.0803. The van der Waals surface area contributed by atoms with E-state index in [9.17, 15) is 4.79 Å². The van der Waals surface area contributed by atoms with E-state index in [-0.39, 0.29) is 18.8 Å². The van der Waals surface area contributed by atoms with Gasteiger partial charge in [-0.25, -0.2) is 9.97 Å². The molecule has 0 saturated heterocycles. The third-order valence-corrected chi connectivity index (χ3v) is 7.42. The number of nitrogens with zero attached hydrogens (tertiary/aromatic N) is 3. The fraction of sp³-hybridized carbons (Fsp3) is 0.333. The molecule has 3 heterocycles. The maximum atomic E-state index is 11.1. The van der Waals surface area contributed by atoms with Crippen molar-refractivity contribution in [3.05, 3.63) is 60.1 Å². The minimum atomic E-state index is -0.463. The van der Waals surface area contributed by atoms with Gasteiger partial charge in [0, 0.05) is 30.8 Å². The number of hydrogen-bond acceptors (Lipinski definition) is 8. The molecule has 1 aliphatic carbocycles. The van der Waals surface area contributed by atoms with Gasteiger partial charge < -0.3 is 20.5 Å². The molecular weight excluding hydrogens is 474 g/mol. The molecule has 3 N–H and O–H groups in total. The highest BCUT2D eigenvalue weighted by Gasteiger charge is 2.31. The van der Waals surface area contributed by atoms with Crippen LogP contribution in [-0.4, -0.2) is 53.3 Å². The second-order valence-electron chi connectivity index (χ2n) is 8.96. The highest BCUT2D eigenvalue weighted by molar-refractivity contribution is 7.17. The number of thiophene rings is 1. The maximum Gasteiger partial charge on any atom is 0.243 e. The van der Waals surface area contributed by atoms with E-state index in [4.69, 9.17) is 25.2 Å². The van der Waals surface area contributed by atoms with Gasteiger partial charge in [-0.3, -0.25) is 9.78 Å². The first-order chi connectivity index (χ1) is 17.6. The summed E-state index contributed by atoms with van der Waals surface area (Å²) < 4.78 is 11.4. The molecule has 1 amide bonds. The summed E-state index contributed by atoms with van der Waals surface area (Å²) in [6.07, 6.45) is 4.13. The Labute approximate surface area is 213 Å². The molecule has 1 fully saturated rings. The fourth-order valence-electron chi connectivity index (χ4n) is 4.75. The highest BCUT2D eigenvalue weighted by Crippen LogP contribution is 2.38. The first-order valence-electron chi connectivity index (χ1n) is 12.0. The van der Waals surface area contributed by atoms with Crippen LogP contribution in [0.2, 0.25) is 0 Å². The van der Waals surface area contributed by atoms with Crippen molar-refractivity contribution in [1.82, 2.24) is 15.0 Å². The van der Waals surface area contributed by atoms with Gasteiger partial charge in [-0.2, -0.15) is 0 Å². The van der Waals surface area contributed by atoms with Crippen LogP contribution in [0.25, 0.3) is 32.9 Å². The molecule has 0 aliphatic heterocycles. The van der Waals surface area contributed by atoms with Crippen molar-refractivity contribution in [3.8, 4) is 22.6 Å². The van der Waals surface area contributed by atoms with Gasteiger partial charge in [-0.05, 0) is 42.9 Å². The number of hydrogen-bond donors (Lipinski definition) is 2. The average Bonchev–Trinajstić information content (AvgIpc) is 3.36. The minimum Gasteiger partial charge on any atom is -0.379 e. The number of fused-ring (bicyclic) bond motifs is 1.